The number of ketones is 1. The van der Waals surface area contributed by atoms with Gasteiger partial charge < -0.3 is 9.64 Å². The molecular formula is C16H23NO3. The van der Waals surface area contributed by atoms with Gasteiger partial charge in [0.05, 0.1) is 6.54 Å². The van der Waals surface area contributed by atoms with Crippen LogP contribution in [0.25, 0.3) is 0 Å². The molecule has 1 aromatic rings. The van der Waals surface area contributed by atoms with Gasteiger partial charge >= 0.3 is 6.09 Å². The number of benzene rings is 1. The molecule has 0 atom stereocenters. The quantitative estimate of drug-likeness (QED) is 0.731. The number of carbonyl (C=O) groups excluding carboxylic acids is 2. The fourth-order valence-corrected chi connectivity index (χ4v) is 1.65. The first-order valence-electron chi connectivity index (χ1n) is 6.79. The van der Waals surface area contributed by atoms with Gasteiger partial charge in [0.2, 0.25) is 0 Å². The number of hydrogen-bond donors (Lipinski definition) is 0. The molecule has 1 aliphatic heterocycles. The van der Waals surface area contributed by atoms with E-state index in [0.29, 0.717) is 13.0 Å². The van der Waals surface area contributed by atoms with E-state index < -0.39 is 11.7 Å². The Labute approximate surface area is 120 Å². The van der Waals surface area contributed by atoms with Crippen molar-refractivity contribution in [2.24, 2.45) is 0 Å². The van der Waals surface area contributed by atoms with E-state index in [1.54, 1.807) is 0 Å². The Hall–Kier alpha value is -1.84. The second-order valence-corrected chi connectivity index (χ2v) is 5.85. The molecule has 1 aromatic carbocycles. The maximum absolute atomic E-state index is 11.4. The van der Waals surface area contributed by atoms with Crippen LogP contribution in [0.3, 0.4) is 0 Å². The van der Waals surface area contributed by atoms with E-state index in [-0.39, 0.29) is 12.3 Å². The third kappa shape index (κ3) is 6.36. The van der Waals surface area contributed by atoms with Crippen LogP contribution in [-0.2, 0) is 9.53 Å². The number of nitrogens with zero attached hydrogens (tertiary/aromatic N) is 1. The van der Waals surface area contributed by atoms with Crippen molar-refractivity contribution in [2.75, 3.05) is 13.1 Å². The number of carbonyl (C=O) groups is 2. The molecule has 0 aliphatic carbocycles. The summed E-state index contributed by atoms with van der Waals surface area (Å²) in [7, 11) is 0. The third-order valence-electron chi connectivity index (χ3n) is 2.62. The Morgan fingerprint density at radius 3 is 2.15 bits per heavy atom. The number of ether oxygens (including phenoxy) is 1. The fourth-order valence-electron chi connectivity index (χ4n) is 1.65. The SMILES string of the molecule is CC(C)(C)OC(=O)N1CCC(=O)C1.Cc1ccccc1. The zero-order chi connectivity index (χ0) is 15.2. The van der Waals surface area contributed by atoms with Crippen molar-refractivity contribution in [1.82, 2.24) is 4.90 Å². The predicted octanol–water partition coefficient (Wildman–Crippen LogP) is 3.19. The summed E-state index contributed by atoms with van der Waals surface area (Å²) in [5, 5.41) is 0. The number of hydrogen-bond acceptors (Lipinski definition) is 3. The van der Waals surface area contributed by atoms with Gasteiger partial charge in [0.25, 0.3) is 0 Å². The molecule has 2 rings (SSSR count). The van der Waals surface area contributed by atoms with Crippen molar-refractivity contribution in [2.45, 2.75) is 39.7 Å². The molecule has 1 saturated heterocycles. The maximum Gasteiger partial charge on any atom is 0.410 e. The largest absolute Gasteiger partial charge is 0.444 e. The van der Waals surface area contributed by atoms with E-state index in [9.17, 15) is 9.59 Å². The lowest BCUT2D eigenvalue weighted by Crippen LogP contribution is -2.35. The molecule has 110 valence electrons. The topological polar surface area (TPSA) is 46.6 Å². The molecule has 0 unspecified atom stereocenters. The van der Waals surface area contributed by atoms with Crippen molar-refractivity contribution in [3.05, 3.63) is 35.9 Å². The molecule has 0 radical (unpaired) electrons. The van der Waals surface area contributed by atoms with Gasteiger partial charge in [-0.15, -0.1) is 0 Å². The molecular weight excluding hydrogens is 254 g/mol. The highest BCUT2D eigenvalue weighted by molar-refractivity contribution is 5.87. The Morgan fingerprint density at radius 1 is 1.20 bits per heavy atom. The molecule has 1 aliphatic rings. The minimum absolute atomic E-state index is 0.103. The molecule has 4 nitrogen and oxygen atoms in total. The Balaban J connectivity index is 0.000000240. The van der Waals surface area contributed by atoms with Crippen molar-refractivity contribution in [3.8, 4) is 0 Å². The van der Waals surface area contributed by atoms with Crippen LogP contribution < -0.4 is 0 Å². The van der Waals surface area contributed by atoms with Crippen LogP contribution in [0.5, 0.6) is 0 Å². The van der Waals surface area contributed by atoms with E-state index >= 15 is 0 Å². The van der Waals surface area contributed by atoms with Gasteiger partial charge in [-0.3, -0.25) is 4.79 Å². The highest BCUT2D eigenvalue weighted by atomic mass is 16.6. The molecule has 1 amide bonds. The molecule has 1 heterocycles. The first kappa shape index (κ1) is 16.2. The smallest absolute Gasteiger partial charge is 0.410 e. The third-order valence-corrected chi connectivity index (χ3v) is 2.62. The molecule has 1 fully saturated rings. The minimum Gasteiger partial charge on any atom is -0.444 e. The molecule has 20 heavy (non-hydrogen) atoms. The van der Waals surface area contributed by atoms with Gasteiger partial charge in [0.1, 0.15) is 5.60 Å². The van der Waals surface area contributed by atoms with E-state index in [1.165, 1.54) is 10.5 Å². The lowest BCUT2D eigenvalue weighted by atomic mass is 10.2. The second-order valence-electron chi connectivity index (χ2n) is 5.85. The molecule has 0 bridgehead atoms. The zero-order valence-electron chi connectivity index (χ0n) is 12.7. The van der Waals surface area contributed by atoms with Crippen molar-refractivity contribution in [1.29, 1.82) is 0 Å². The fraction of sp³-hybridized carbons (Fsp3) is 0.500. The lowest BCUT2D eigenvalue weighted by Gasteiger charge is -2.23. The van der Waals surface area contributed by atoms with Gasteiger partial charge in [0, 0.05) is 13.0 Å². The Kier molecular flexibility index (Phi) is 5.74. The van der Waals surface area contributed by atoms with Crippen LogP contribution in [0.4, 0.5) is 4.79 Å². The van der Waals surface area contributed by atoms with Crippen LogP contribution in [0.1, 0.15) is 32.8 Å². The van der Waals surface area contributed by atoms with Gasteiger partial charge in [-0.25, -0.2) is 4.79 Å². The number of rotatable bonds is 0. The summed E-state index contributed by atoms with van der Waals surface area (Å²) >= 11 is 0. The van der Waals surface area contributed by atoms with E-state index in [2.05, 4.69) is 19.1 Å². The summed E-state index contributed by atoms with van der Waals surface area (Å²) in [5.74, 6) is 0.103. The Morgan fingerprint density at radius 2 is 1.80 bits per heavy atom. The summed E-state index contributed by atoms with van der Waals surface area (Å²) in [6.07, 6.45) is 0.0672. The first-order valence-corrected chi connectivity index (χ1v) is 6.79. The van der Waals surface area contributed by atoms with Crippen LogP contribution in [0, 0.1) is 6.92 Å². The van der Waals surface area contributed by atoms with Crippen molar-refractivity contribution in [3.63, 3.8) is 0 Å². The molecule has 4 heteroatoms. The van der Waals surface area contributed by atoms with Gasteiger partial charge in [0.15, 0.2) is 5.78 Å². The van der Waals surface area contributed by atoms with Crippen LogP contribution in [-0.4, -0.2) is 35.5 Å². The summed E-state index contributed by atoms with van der Waals surface area (Å²) < 4.78 is 5.10. The zero-order valence-corrected chi connectivity index (χ0v) is 12.7. The first-order chi connectivity index (χ1) is 9.28. The van der Waals surface area contributed by atoms with Crippen molar-refractivity contribution < 1.29 is 14.3 Å². The van der Waals surface area contributed by atoms with E-state index in [4.69, 9.17) is 4.74 Å². The van der Waals surface area contributed by atoms with Crippen LogP contribution in [0.2, 0.25) is 0 Å². The average molecular weight is 277 g/mol. The minimum atomic E-state index is -0.483. The summed E-state index contributed by atoms with van der Waals surface area (Å²) in [4.78, 5) is 23.7. The standard InChI is InChI=1S/C9H15NO3.C7H8/c1-9(2,3)13-8(12)10-5-4-7(11)6-10;1-7-5-3-2-4-6-7/h4-6H2,1-3H3;2-6H,1H3. The highest BCUT2D eigenvalue weighted by Gasteiger charge is 2.27. The van der Waals surface area contributed by atoms with Crippen LogP contribution >= 0.6 is 0 Å². The average Bonchev–Trinajstić information content (AvgIpc) is 2.76. The highest BCUT2D eigenvalue weighted by Crippen LogP contribution is 2.12. The number of Topliss-reactive ketones (excluding diaryl/α,β-unsaturated/α-hetero) is 1. The molecule has 0 spiro atoms. The van der Waals surface area contributed by atoms with E-state index in [0.717, 1.165) is 0 Å². The molecule has 0 saturated carbocycles. The number of likely N-dealkylation sites (tertiary alicyclic amines) is 1. The summed E-state index contributed by atoms with van der Waals surface area (Å²) in [5.41, 5.74) is 0.838. The summed E-state index contributed by atoms with van der Waals surface area (Å²) in [6, 6.07) is 10.3. The van der Waals surface area contributed by atoms with Crippen LogP contribution in [0.15, 0.2) is 30.3 Å². The summed E-state index contributed by atoms with van der Waals surface area (Å²) in [6.45, 7) is 8.21. The van der Waals surface area contributed by atoms with Gasteiger partial charge in [-0.2, -0.15) is 0 Å². The lowest BCUT2D eigenvalue weighted by molar-refractivity contribution is -0.116. The normalized spacial score (nSPS) is 14.6. The van der Waals surface area contributed by atoms with Crippen molar-refractivity contribution >= 4 is 11.9 Å². The molecule has 0 aromatic heterocycles. The number of amides is 1. The van der Waals surface area contributed by atoms with Gasteiger partial charge in [-0.05, 0) is 27.7 Å². The maximum atomic E-state index is 11.4. The molecule has 0 N–H and O–H groups in total. The number of aryl methyl sites for hydroxylation is 1. The predicted molar refractivity (Wildman–Crippen MR) is 78.6 cm³/mol. The monoisotopic (exact) mass is 277 g/mol. The van der Waals surface area contributed by atoms with E-state index in [1.807, 2.05) is 39.0 Å². The van der Waals surface area contributed by atoms with Gasteiger partial charge in [-0.1, -0.05) is 35.9 Å². The Bertz CT molecular complexity index is 449. The second kappa shape index (κ2) is 7.08.